The number of fused-ring (bicyclic) bond motifs is 1. The highest BCUT2D eigenvalue weighted by atomic mass is 16.5. The van der Waals surface area contributed by atoms with Crippen LogP contribution in [0, 0.1) is 0 Å². The molecule has 0 radical (unpaired) electrons. The van der Waals surface area contributed by atoms with Gasteiger partial charge < -0.3 is 4.74 Å². The van der Waals surface area contributed by atoms with Crippen molar-refractivity contribution in [1.29, 1.82) is 0 Å². The van der Waals surface area contributed by atoms with E-state index >= 15 is 0 Å². The van der Waals surface area contributed by atoms with Crippen molar-refractivity contribution >= 4 is 12.6 Å². The van der Waals surface area contributed by atoms with Crippen LogP contribution in [0.15, 0.2) is 40.4 Å². The average Bonchev–Trinajstić information content (AvgIpc) is 2.77. The van der Waals surface area contributed by atoms with E-state index in [9.17, 15) is 0 Å². The molecule has 0 saturated carbocycles. The Bertz CT molecular complexity index is 861. The number of benzene rings is 1. The van der Waals surface area contributed by atoms with Crippen molar-refractivity contribution in [2.45, 2.75) is 64.9 Å². The number of hydrogen-bond donors (Lipinski definition) is 1. The van der Waals surface area contributed by atoms with Crippen LogP contribution in [0.2, 0.25) is 0 Å². The second-order valence-corrected chi connectivity index (χ2v) is 7.44. The van der Waals surface area contributed by atoms with Gasteiger partial charge in [0.15, 0.2) is 5.84 Å². The summed E-state index contributed by atoms with van der Waals surface area (Å²) >= 11 is 0. The number of ether oxygens (including phenoxy) is 1. The summed E-state index contributed by atoms with van der Waals surface area (Å²) in [4.78, 5) is 9.49. The predicted octanol–water partition coefficient (Wildman–Crippen LogP) is 5.17. The summed E-state index contributed by atoms with van der Waals surface area (Å²) < 4.78 is 6.50. The Hall–Kier alpha value is -2.69. The van der Waals surface area contributed by atoms with E-state index in [4.69, 9.17) is 9.72 Å². The van der Waals surface area contributed by atoms with E-state index in [-0.39, 0.29) is 6.10 Å². The number of aryl methyl sites for hydroxylation is 1. The van der Waals surface area contributed by atoms with Crippen LogP contribution >= 0.6 is 0 Å². The number of hydrazone groups is 1. The Kier molecular flexibility index (Phi) is 7.39. The van der Waals surface area contributed by atoms with Gasteiger partial charge in [-0.1, -0.05) is 50.6 Å². The zero-order chi connectivity index (χ0) is 20.6. The van der Waals surface area contributed by atoms with E-state index in [2.05, 4.69) is 60.4 Å². The summed E-state index contributed by atoms with van der Waals surface area (Å²) in [6.45, 7) is 7.94. The van der Waals surface area contributed by atoms with E-state index in [1.165, 1.54) is 18.4 Å². The molecule has 1 atom stereocenters. The Morgan fingerprint density at radius 3 is 2.62 bits per heavy atom. The van der Waals surface area contributed by atoms with E-state index < -0.39 is 0 Å². The van der Waals surface area contributed by atoms with Gasteiger partial charge in [-0.2, -0.15) is 5.10 Å². The van der Waals surface area contributed by atoms with Crippen molar-refractivity contribution in [1.82, 2.24) is 10.4 Å². The molecule has 154 valence electrons. The van der Waals surface area contributed by atoms with Crippen LogP contribution in [0.4, 0.5) is 0 Å². The zero-order valence-electron chi connectivity index (χ0n) is 17.9. The van der Waals surface area contributed by atoms with Crippen molar-refractivity contribution < 1.29 is 4.74 Å². The molecule has 5 nitrogen and oxygen atoms in total. The van der Waals surface area contributed by atoms with Crippen LogP contribution in [0.25, 0.3) is 11.1 Å². The second-order valence-electron chi connectivity index (χ2n) is 7.44. The first-order chi connectivity index (χ1) is 14.2. The molecule has 1 aliphatic rings. The first-order valence-corrected chi connectivity index (χ1v) is 10.7. The molecule has 1 aromatic carbocycles. The molecular weight excluding hydrogens is 360 g/mol. The molecule has 5 heteroatoms. The number of aromatic nitrogens is 1. The number of pyridine rings is 1. The molecular formula is C24H32N4O. The third kappa shape index (κ3) is 4.66. The summed E-state index contributed by atoms with van der Waals surface area (Å²) in [7, 11) is 1.76. The lowest BCUT2D eigenvalue weighted by Gasteiger charge is -2.26. The number of nitrogens with zero attached hydrogens (tertiary/aromatic N) is 3. The molecule has 0 spiro atoms. The summed E-state index contributed by atoms with van der Waals surface area (Å²) in [6, 6.07) is 10.5. The third-order valence-electron chi connectivity index (χ3n) is 5.49. The lowest BCUT2D eigenvalue weighted by Crippen LogP contribution is -2.25. The number of amidine groups is 1. The first-order valence-electron chi connectivity index (χ1n) is 10.7. The van der Waals surface area contributed by atoms with Gasteiger partial charge >= 0.3 is 0 Å². The fraction of sp³-hybridized carbons (Fsp3) is 0.458. The Balaban J connectivity index is 2.27. The largest absolute Gasteiger partial charge is 0.474 e. The molecule has 1 unspecified atom stereocenters. The lowest BCUT2D eigenvalue weighted by atomic mass is 9.86. The molecule has 0 bridgehead atoms. The molecule has 1 aromatic heterocycles. The molecule has 0 amide bonds. The molecule has 0 fully saturated rings. The average molecular weight is 393 g/mol. The zero-order valence-corrected chi connectivity index (χ0v) is 17.9. The molecule has 2 aromatic rings. The standard InChI is InChI=1S/C24H32N4O/c1-5-12-18(6-2)29-24-22(23(25-3)28-26-4)21(17-13-8-7-9-14-17)19-15-10-11-16-20(19)27-24/h7-9,13-14,18H,4-6,10-12,15-16H2,1-3H3,(H,25,28). The monoisotopic (exact) mass is 392 g/mol. The van der Waals surface area contributed by atoms with Crippen LogP contribution in [0.5, 0.6) is 5.88 Å². The Morgan fingerprint density at radius 2 is 1.97 bits per heavy atom. The quantitative estimate of drug-likeness (QED) is 0.383. The van der Waals surface area contributed by atoms with Gasteiger partial charge in [-0.05, 0) is 49.7 Å². The fourth-order valence-corrected chi connectivity index (χ4v) is 4.07. The maximum absolute atomic E-state index is 6.50. The summed E-state index contributed by atoms with van der Waals surface area (Å²) in [5.74, 6) is 1.29. The molecule has 3 rings (SSSR count). The highest BCUT2D eigenvalue weighted by molar-refractivity contribution is 6.07. The van der Waals surface area contributed by atoms with Crippen molar-refractivity contribution in [3.8, 4) is 17.0 Å². The van der Waals surface area contributed by atoms with Gasteiger partial charge in [0, 0.05) is 25.0 Å². The Labute approximate surface area is 174 Å². The van der Waals surface area contributed by atoms with E-state index in [1.54, 1.807) is 7.05 Å². The van der Waals surface area contributed by atoms with Crippen LogP contribution in [0.3, 0.4) is 0 Å². The van der Waals surface area contributed by atoms with Gasteiger partial charge in [-0.3, -0.25) is 10.4 Å². The number of rotatable bonds is 8. The number of aliphatic imine (C=N–C) groups is 1. The minimum Gasteiger partial charge on any atom is -0.474 e. The number of nitrogens with one attached hydrogen (secondary N) is 1. The molecule has 1 aliphatic carbocycles. The van der Waals surface area contributed by atoms with Crippen molar-refractivity contribution in [2.75, 3.05) is 7.05 Å². The SMILES string of the molecule is C=NNC(=NC)c1c(OC(CC)CCC)nc2c(c1-c1ccccc1)CCCC2. The maximum atomic E-state index is 6.50. The molecule has 29 heavy (non-hydrogen) atoms. The van der Waals surface area contributed by atoms with Gasteiger partial charge in [0.2, 0.25) is 5.88 Å². The molecule has 1 heterocycles. The molecule has 0 saturated heterocycles. The maximum Gasteiger partial charge on any atom is 0.225 e. The van der Waals surface area contributed by atoms with Crippen LogP contribution in [0.1, 0.15) is 62.8 Å². The van der Waals surface area contributed by atoms with Crippen molar-refractivity contribution in [3.63, 3.8) is 0 Å². The second kappa shape index (κ2) is 10.2. The normalized spacial score (nSPS) is 14.8. The third-order valence-corrected chi connectivity index (χ3v) is 5.49. The van der Waals surface area contributed by atoms with Crippen LogP contribution in [-0.4, -0.2) is 30.7 Å². The molecule has 0 aliphatic heterocycles. The van der Waals surface area contributed by atoms with Crippen LogP contribution < -0.4 is 10.2 Å². The Morgan fingerprint density at radius 1 is 1.21 bits per heavy atom. The lowest BCUT2D eigenvalue weighted by molar-refractivity contribution is 0.177. The van der Waals surface area contributed by atoms with E-state index in [1.807, 2.05) is 6.07 Å². The van der Waals surface area contributed by atoms with Gasteiger partial charge in [0.05, 0.1) is 5.56 Å². The van der Waals surface area contributed by atoms with E-state index in [0.29, 0.717) is 11.7 Å². The summed E-state index contributed by atoms with van der Waals surface area (Å²) in [5, 5.41) is 3.89. The fourth-order valence-electron chi connectivity index (χ4n) is 4.07. The van der Waals surface area contributed by atoms with Crippen molar-refractivity contribution in [3.05, 3.63) is 47.2 Å². The van der Waals surface area contributed by atoms with Crippen LogP contribution in [-0.2, 0) is 12.8 Å². The van der Waals surface area contributed by atoms with Gasteiger partial charge in [0.25, 0.3) is 0 Å². The van der Waals surface area contributed by atoms with Gasteiger partial charge in [-0.15, -0.1) is 0 Å². The summed E-state index contributed by atoms with van der Waals surface area (Å²) in [6.07, 6.45) is 7.50. The highest BCUT2D eigenvalue weighted by Crippen LogP contribution is 2.38. The smallest absolute Gasteiger partial charge is 0.225 e. The minimum atomic E-state index is 0.131. The topological polar surface area (TPSA) is 58.9 Å². The minimum absolute atomic E-state index is 0.131. The van der Waals surface area contributed by atoms with Gasteiger partial charge in [-0.25, -0.2) is 4.98 Å². The van der Waals surface area contributed by atoms with E-state index in [0.717, 1.165) is 54.5 Å². The predicted molar refractivity (Wildman–Crippen MR) is 121 cm³/mol. The number of hydrogen-bond acceptors (Lipinski definition) is 4. The van der Waals surface area contributed by atoms with Crippen molar-refractivity contribution in [2.24, 2.45) is 10.1 Å². The molecule has 1 N–H and O–H groups in total. The van der Waals surface area contributed by atoms with Gasteiger partial charge in [0.1, 0.15) is 6.10 Å². The first kappa shape index (κ1) is 21.0. The summed E-state index contributed by atoms with van der Waals surface area (Å²) in [5.41, 5.74) is 8.64. The highest BCUT2D eigenvalue weighted by Gasteiger charge is 2.27.